The number of quaternary nitrogens is 1. The number of benzene rings is 2. The van der Waals surface area contributed by atoms with Gasteiger partial charge in [0.15, 0.2) is 6.04 Å². The zero-order valence-electron chi connectivity index (χ0n) is 23.5. The molecule has 3 aromatic rings. The van der Waals surface area contributed by atoms with Gasteiger partial charge in [0.1, 0.15) is 6.54 Å². The predicted octanol–water partition coefficient (Wildman–Crippen LogP) is 4.93. The highest BCUT2D eigenvalue weighted by molar-refractivity contribution is 7.92. The first-order valence-electron chi connectivity index (χ1n) is 13.1. The van der Waals surface area contributed by atoms with Gasteiger partial charge in [-0.05, 0) is 37.8 Å². The lowest BCUT2D eigenvalue weighted by Gasteiger charge is -2.38. The van der Waals surface area contributed by atoms with Crippen LogP contribution in [0.3, 0.4) is 0 Å². The number of rotatable bonds is 12. The van der Waals surface area contributed by atoms with Crippen LogP contribution in [0.4, 0.5) is 5.88 Å². The van der Waals surface area contributed by atoms with E-state index in [9.17, 15) is 18.0 Å². The average molecular weight is 556 g/mol. The van der Waals surface area contributed by atoms with Crippen molar-refractivity contribution in [3.05, 3.63) is 65.4 Å². The monoisotopic (exact) mass is 555 g/mol. The molecular formula is C29H39N4O5S+. The van der Waals surface area contributed by atoms with E-state index in [1.807, 2.05) is 45.0 Å². The molecule has 0 bridgehead atoms. The molecular weight excluding hydrogens is 516 g/mol. The quantitative estimate of drug-likeness (QED) is 0.305. The first kappa shape index (κ1) is 30.0. The van der Waals surface area contributed by atoms with Gasteiger partial charge in [-0.15, -0.1) is 0 Å². The number of nitrogens with two attached hydrogens (primary N) is 1. The van der Waals surface area contributed by atoms with Gasteiger partial charge >= 0.3 is 5.91 Å². The SMILES string of the molecule is CCCC(=O)[N+](C)(Cc1ccc(-c2ccccc2S(=O)(=O)Nc2onc(C)c2C)cc1)[C@@H](CC(C)C)C(N)=O. The minimum atomic E-state index is -3.97. The van der Waals surface area contributed by atoms with Crippen LogP contribution >= 0.6 is 0 Å². The Hall–Kier alpha value is -3.50. The van der Waals surface area contributed by atoms with E-state index in [2.05, 4.69) is 9.88 Å². The van der Waals surface area contributed by atoms with E-state index in [4.69, 9.17) is 10.3 Å². The van der Waals surface area contributed by atoms with Crippen molar-refractivity contribution in [2.45, 2.75) is 71.4 Å². The zero-order valence-corrected chi connectivity index (χ0v) is 24.3. The smallest absolute Gasteiger partial charge is 0.314 e. The summed E-state index contributed by atoms with van der Waals surface area (Å²) in [7, 11) is -2.19. The van der Waals surface area contributed by atoms with Crippen LogP contribution in [0.25, 0.3) is 11.1 Å². The van der Waals surface area contributed by atoms with Gasteiger partial charge in [0, 0.05) is 23.1 Å². The van der Waals surface area contributed by atoms with Gasteiger partial charge in [0.25, 0.3) is 15.9 Å². The van der Waals surface area contributed by atoms with Crippen molar-refractivity contribution in [3.8, 4) is 11.1 Å². The molecule has 0 saturated carbocycles. The van der Waals surface area contributed by atoms with E-state index in [0.29, 0.717) is 48.2 Å². The van der Waals surface area contributed by atoms with Gasteiger partial charge in [0.2, 0.25) is 5.88 Å². The summed E-state index contributed by atoms with van der Waals surface area (Å²) in [6.45, 7) is 9.71. The van der Waals surface area contributed by atoms with E-state index < -0.39 is 22.0 Å². The molecule has 1 unspecified atom stereocenters. The Kier molecular flexibility index (Phi) is 9.34. The molecule has 0 radical (unpaired) electrons. The Labute approximate surface area is 231 Å². The van der Waals surface area contributed by atoms with Crippen LogP contribution in [0.5, 0.6) is 0 Å². The van der Waals surface area contributed by atoms with Crippen molar-refractivity contribution < 1.29 is 27.0 Å². The van der Waals surface area contributed by atoms with E-state index >= 15 is 0 Å². The molecule has 0 spiro atoms. The maximum absolute atomic E-state index is 13.3. The number of sulfonamides is 1. The molecule has 2 aromatic carbocycles. The summed E-state index contributed by atoms with van der Waals surface area (Å²) in [5, 5.41) is 3.82. The molecule has 1 heterocycles. The fourth-order valence-corrected chi connectivity index (χ4v) is 5.99. The molecule has 2 atom stereocenters. The van der Waals surface area contributed by atoms with Gasteiger partial charge in [-0.2, -0.15) is 0 Å². The number of nitrogens with zero attached hydrogens (tertiary/aromatic N) is 2. The molecule has 0 aliphatic rings. The first-order valence-corrected chi connectivity index (χ1v) is 14.6. The number of aryl methyl sites for hydroxylation is 1. The number of likely N-dealkylation sites (N-methyl/N-ethyl adjacent to an activating group) is 1. The molecule has 0 saturated heterocycles. The molecule has 3 rings (SSSR count). The van der Waals surface area contributed by atoms with Crippen LogP contribution < -0.4 is 10.5 Å². The summed E-state index contributed by atoms with van der Waals surface area (Å²) in [6, 6.07) is 13.4. The summed E-state index contributed by atoms with van der Waals surface area (Å²) in [5.41, 5.74) is 9.06. The molecule has 210 valence electrons. The third-order valence-electron chi connectivity index (χ3n) is 7.08. The van der Waals surface area contributed by atoms with E-state index in [1.54, 1.807) is 39.1 Å². The van der Waals surface area contributed by atoms with Crippen molar-refractivity contribution in [2.24, 2.45) is 11.7 Å². The summed E-state index contributed by atoms with van der Waals surface area (Å²) in [6.07, 6.45) is 1.52. The number of carbonyl (C=O) groups excluding carboxylic acids is 2. The van der Waals surface area contributed by atoms with Crippen molar-refractivity contribution in [1.82, 2.24) is 5.16 Å². The molecule has 0 aliphatic carbocycles. The largest absolute Gasteiger partial charge is 0.364 e. The van der Waals surface area contributed by atoms with Gasteiger partial charge in [-0.25, -0.2) is 22.4 Å². The minimum absolute atomic E-state index is 0.0357. The Morgan fingerprint density at radius 2 is 1.72 bits per heavy atom. The van der Waals surface area contributed by atoms with Crippen LogP contribution in [0.2, 0.25) is 0 Å². The minimum Gasteiger partial charge on any atom is -0.364 e. The summed E-state index contributed by atoms with van der Waals surface area (Å²) in [4.78, 5) is 25.9. The van der Waals surface area contributed by atoms with Gasteiger partial charge in [0.05, 0.1) is 24.1 Å². The van der Waals surface area contributed by atoms with Crippen LogP contribution in [-0.4, -0.2) is 43.0 Å². The zero-order chi connectivity index (χ0) is 29.0. The van der Waals surface area contributed by atoms with Crippen LogP contribution in [0.1, 0.15) is 56.9 Å². The molecule has 0 fully saturated rings. The Bertz CT molecular complexity index is 1430. The molecule has 0 aliphatic heterocycles. The molecule has 1 aromatic heterocycles. The normalized spacial score (nSPS) is 14.1. The topological polar surface area (TPSA) is 132 Å². The fraction of sp³-hybridized carbons (Fsp3) is 0.414. The second-order valence-corrected chi connectivity index (χ2v) is 12.3. The second-order valence-electron chi connectivity index (χ2n) is 10.6. The highest BCUT2D eigenvalue weighted by Crippen LogP contribution is 2.31. The Morgan fingerprint density at radius 1 is 1.08 bits per heavy atom. The number of carbonyl (C=O) groups is 2. The molecule has 39 heavy (non-hydrogen) atoms. The Morgan fingerprint density at radius 3 is 2.26 bits per heavy atom. The van der Waals surface area contributed by atoms with E-state index in [1.165, 1.54) is 6.07 Å². The van der Waals surface area contributed by atoms with Crippen molar-refractivity contribution >= 4 is 27.7 Å². The predicted molar refractivity (Wildman–Crippen MR) is 151 cm³/mol. The van der Waals surface area contributed by atoms with Gasteiger partial charge in [-0.3, -0.25) is 4.79 Å². The highest BCUT2D eigenvalue weighted by atomic mass is 32.2. The van der Waals surface area contributed by atoms with Crippen LogP contribution in [0.15, 0.2) is 57.9 Å². The van der Waals surface area contributed by atoms with Gasteiger partial charge in [-0.1, -0.05) is 68.4 Å². The van der Waals surface area contributed by atoms with E-state index in [-0.39, 0.29) is 27.1 Å². The number of amides is 2. The van der Waals surface area contributed by atoms with Crippen LogP contribution in [-0.2, 0) is 26.2 Å². The maximum atomic E-state index is 13.3. The summed E-state index contributed by atoms with van der Waals surface area (Å²) in [5.74, 6) is -0.257. The number of hydrogen-bond acceptors (Lipinski definition) is 6. The lowest BCUT2D eigenvalue weighted by atomic mass is 9.97. The average Bonchev–Trinajstić information content (AvgIpc) is 3.19. The number of nitrogens with one attached hydrogen (secondary N) is 1. The maximum Gasteiger partial charge on any atom is 0.314 e. The standard InChI is InChI=1S/C29H38N4O5S/c1-7-10-27(34)33(6,25(28(30)35)17-19(2)3)18-22-13-15-23(16-14-22)24-11-8-9-12-26(24)39(36,37)32-29-20(4)21(5)31-38-29/h8-9,11-16,19,25H,7,10,17-18H2,1-6H3,(H2-,30,31,32,35)/p+1/t25-,33?/m0/s1. The van der Waals surface area contributed by atoms with Crippen molar-refractivity contribution in [1.29, 1.82) is 0 Å². The molecule has 3 N–H and O–H groups in total. The molecule has 9 nitrogen and oxygen atoms in total. The molecule has 2 amide bonds. The fourth-order valence-electron chi connectivity index (χ4n) is 4.71. The third kappa shape index (κ3) is 6.75. The lowest BCUT2D eigenvalue weighted by molar-refractivity contribution is -0.865. The first-order chi connectivity index (χ1) is 18.3. The molecule has 10 heteroatoms. The number of primary amides is 1. The summed E-state index contributed by atoms with van der Waals surface area (Å²) >= 11 is 0. The van der Waals surface area contributed by atoms with E-state index in [0.717, 1.165) is 5.56 Å². The third-order valence-corrected chi connectivity index (χ3v) is 8.47. The van der Waals surface area contributed by atoms with Crippen molar-refractivity contribution in [3.63, 3.8) is 0 Å². The van der Waals surface area contributed by atoms with Crippen molar-refractivity contribution in [2.75, 3.05) is 11.8 Å². The highest BCUT2D eigenvalue weighted by Gasteiger charge is 2.43. The van der Waals surface area contributed by atoms with Crippen LogP contribution in [0, 0.1) is 19.8 Å². The summed E-state index contributed by atoms with van der Waals surface area (Å²) < 4.78 is 34.1. The number of hydrogen-bond donors (Lipinski definition) is 2. The number of aromatic nitrogens is 1. The lowest BCUT2D eigenvalue weighted by Crippen LogP contribution is -2.60. The second kappa shape index (κ2) is 12.1. The van der Waals surface area contributed by atoms with Gasteiger partial charge < -0.3 is 10.3 Å². The number of anilines is 1. The Balaban J connectivity index is 1.95.